The number of hydrogen-bond acceptors (Lipinski definition) is 4. The maximum absolute atomic E-state index is 10.2. The molecular weight excluding hydrogens is 146 g/mol. The highest BCUT2D eigenvalue weighted by molar-refractivity contribution is 7.84. The monoisotopic (exact) mass is 155 g/mol. The molecular formula is C3H9NO4S. The standard InChI is InChI=1S/C3H9NO4S/c1-3(2)8-9(6,7)4-5/h3-5H,1-2H3. The molecule has 0 spiro atoms. The van der Waals surface area contributed by atoms with Crippen LogP contribution in [-0.2, 0) is 14.5 Å². The van der Waals surface area contributed by atoms with Gasteiger partial charge in [-0.1, -0.05) is 4.89 Å². The van der Waals surface area contributed by atoms with E-state index in [9.17, 15) is 8.42 Å². The molecule has 0 bridgehead atoms. The first-order chi connectivity index (χ1) is 3.98. The third kappa shape index (κ3) is 4.34. The summed E-state index contributed by atoms with van der Waals surface area (Å²) in [5.41, 5.74) is 0. The van der Waals surface area contributed by atoms with Crippen LogP contribution in [0.4, 0.5) is 0 Å². The van der Waals surface area contributed by atoms with Gasteiger partial charge in [0, 0.05) is 0 Å². The Labute approximate surface area is 53.9 Å². The minimum absolute atomic E-state index is 0.463. The molecule has 0 radical (unpaired) electrons. The smallest absolute Gasteiger partial charge is 0.300 e. The van der Waals surface area contributed by atoms with Crippen molar-refractivity contribution in [3.05, 3.63) is 0 Å². The summed E-state index contributed by atoms with van der Waals surface area (Å²) in [6.07, 6.45) is -0.463. The Morgan fingerprint density at radius 1 is 1.56 bits per heavy atom. The molecule has 0 aliphatic carbocycles. The fourth-order valence-electron chi connectivity index (χ4n) is 0.275. The number of hydrogen-bond donors (Lipinski definition) is 2. The molecule has 0 rings (SSSR count). The first-order valence-corrected chi connectivity index (χ1v) is 3.73. The molecule has 0 amide bonds. The summed E-state index contributed by atoms with van der Waals surface area (Å²) in [4.78, 5) is 1.02. The minimum atomic E-state index is -3.91. The molecule has 0 atom stereocenters. The van der Waals surface area contributed by atoms with E-state index in [0.29, 0.717) is 0 Å². The van der Waals surface area contributed by atoms with Crippen LogP contribution in [0.3, 0.4) is 0 Å². The Morgan fingerprint density at radius 2 is 2.00 bits per heavy atom. The molecule has 0 saturated carbocycles. The lowest BCUT2D eigenvalue weighted by Crippen LogP contribution is -2.24. The van der Waals surface area contributed by atoms with Crippen LogP contribution in [0.5, 0.6) is 0 Å². The van der Waals surface area contributed by atoms with Crippen molar-refractivity contribution in [1.82, 2.24) is 4.89 Å². The predicted molar refractivity (Wildman–Crippen MR) is 30.1 cm³/mol. The summed E-state index contributed by atoms with van der Waals surface area (Å²) in [6, 6.07) is 0. The van der Waals surface area contributed by atoms with Crippen LogP contribution in [0.15, 0.2) is 0 Å². The Balaban J connectivity index is 3.90. The third-order valence-electron chi connectivity index (χ3n) is 0.431. The third-order valence-corrected chi connectivity index (χ3v) is 1.29. The van der Waals surface area contributed by atoms with Crippen molar-refractivity contribution < 1.29 is 17.8 Å². The molecule has 5 nitrogen and oxygen atoms in total. The maximum atomic E-state index is 10.2. The van der Waals surface area contributed by atoms with Gasteiger partial charge in [0.15, 0.2) is 0 Å². The average molecular weight is 155 g/mol. The van der Waals surface area contributed by atoms with E-state index in [1.54, 1.807) is 0 Å². The molecule has 0 aromatic rings. The van der Waals surface area contributed by atoms with Crippen molar-refractivity contribution >= 4 is 10.3 Å². The van der Waals surface area contributed by atoms with Crippen LogP contribution in [0.25, 0.3) is 0 Å². The zero-order valence-electron chi connectivity index (χ0n) is 5.16. The first-order valence-electron chi connectivity index (χ1n) is 2.32. The fourth-order valence-corrected chi connectivity index (χ4v) is 0.825. The Kier molecular flexibility index (Phi) is 3.06. The second kappa shape index (κ2) is 3.11. The molecule has 6 heteroatoms. The molecule has 0 aliphatic heterocycles. The molecule has 0 aliphatic rings. The lowest BCUT2D eigenvalue weighted by molar-refractivity contribution is 0.182. The average Bonchev–Trinajstić information content (AvgIpc) is 1.63. The largest absolute Gasteiger partial charge is 0.358 e. The molecule has 2 N–H and O–H groups in total. The summed E-state index contributed by atoms with van der Waals surface area (Å²) in [5.74, 6) is 0. The first kappa shape index (κ1) is 8.83. The van der Waals surface area contributed by atoms with Crippen LogP contribution in [0, 0.1) is 0 Å². The van der Waals surface area contributed by atoms with Crippen LogP contribution in [0.1, 0.15) is 13.8 Å². The van der Waals surface area contributed by atoms with E-state index in [1.807, 2.05) is 0 Å². The predicted octanol–water partition coefficient (Wildman–Crippen LogP) is -0.365. The number of nitrogens with one attached hydrogen (secondary N) is 1. The van der Waals surface area contributed by atoms with Crippen molar-refractivity contribution in [2.75, 3.05) is 0 Å². The van der Waals surface area contributed by atoms with Gasteiger partial charge in [0.25, 0.3) is 0 Å². The zero-order valence-corrected chi connectivity index (χ0v) is 5.97. The maximum Gasteiger partial charge on any atom is 0.358 e. The summed E-state index contributed by atoms with van der Waals surface area (Å²) in [7, 11) is -3.91. The molecule has 0 aromatic carbocycles. The molecule has 0 aromatic heterocycles. The van der Waals surface area contributed by atoms with Gasteiger partial charge in [-0.15, -0.1) is 0 Å². The lowest BCUT2D eigenvalue weighted by atomic mass is 10.5. The minimum Gasteiger partial charge on any atom is -0.300 e. The Morgan fingerprint density at radius 3 is 2.11 bits per heavy atom. The normalized spacial score (nSPS) is 12.4. The SMILES string of the molecule is CC(C)OS(=O)(=O)NO. The van der Waals surface area contributed by atoms with Crippen molar-refractivity contribution in [3.63, 3.8) is 0 Å². The van der Waals surface area contributed by atoms with Crippen molar-refractivity contribution in [3.8, 4) is 0 Å². The van der Waals surface area contributed by atoms with E-state index in [2.05, 4.69) is 4.18 Å². The number of rotatable bonds is 3. The second-order valence-corrected chi connectivity index (χ2v) is 2.97. The van der Waals surface area contributed by atoms with Gasteiger partial charge in [-0.2, -0.15) is 8.42 Å². The van der Waals surface area contributed by atoms with Crippen molar-refractivity contribution in [2.45, 2.75) is 20.0 Å². The van der Waals surface area contributed by atoms with Crippen molar-refractivity contribution in [2.24, 2.45) is 0 Å². The van der Waals surface area contributed by atoms with E-state index in [1.165, 1.54) is 13.8 Å². The fraction of sp³-hybridized carbons (Fsp3) is 1.00. The zero-order chi connectivity index (χ0) is 7.49. The molecule has 0 saturated heterocycles. The molecule has 0 fully saturated rings. The summed E-state index contributed by atoms with van der Waals surface area (Å²) >= 11 is 0. The molecule has 0 heterocycles. The summed E-state index contributed by atoms with van der Waals surface area (Å²) < 4.78 is 24.7. The van der Waals surface area contributed by atoms with E-state index >= 15 is 0 Å². The lowest BCUT2D eigenvalue weighted by Gasteiger charge is -2.04. The van der Waals surface area contributed by atoms with Crippen LogP contribution < -0.4 is 4.89 Å². The van der Waals surface area contributed by atoms with E-state index in [0.717, 1.165) is 4.89 Å². The molecule has 56 valence electrons. The van der Waals surface area contributed by atoms with Crippen LogP contribution in [-0.4, -0.2) is 19.7 Å². The van der Waals surface area contributed by atoms with E-state index in [-0.39, 0.29) is 0 Å². The second-order valence-electron chi connectivity index (χ2n) is 1.69. The van der Waals surface area contributed by atoms with Gasteiger partial charge in [-0.25, -0.2) is 0 Å². The van der Waals surface area contributed by atoms with Gasteiger partial charge in [-0.05, 0) is 13.8 Å². The van der Waals surface area contributed by atoms with Gasteiger partial charge in [0.1, 0.15) is 0 Å². The molecule has 0 unspecified atom stereocenters. The van der Waals surface area contributed by atoms with Gasteiger partial charge >= 0.3 is 10.3 Å². The van der Waals surface area contributed by atoms with Gasteiger partial charge in [0.2, 0.25) is 0 Å². The quantitative estimate of drug-likeness (QED) is 0.545. The van der Waals surface area contributed by atoms with E-state index in [4.69, 9.17) is 5.21 Å². The highest BCUT2D eigenvalue weighted by atomic mass is 32.2. The van der Waals surface area contributed by atoms with Gasteiger partial charge in [-0.3, -0.25) is 4.18 Å². The van der Waals surface area contributed by atoms with Crippen LogP contribution in [0.2, 0.25) is 0 Å². The highest BCUT2D eigenvalue weighted by Crippen LogP contribution is 1.92. The Bertz CT molecular complexity index is 161. The van der Waals surface area contributed by atoms with Crippen LogP contribution >= 0.6 is 0 Å². The summed E-state index contributed by atoms with van der Waals surface area (Å²) in [6.45, 7) is 3.07. The Hall–Kier alpha value is -0.170. The van der Waals surface area contributed by atoms with Crippen molar-refractivity contribution in [1.29, 1.82) is 0 Å². The van der Waals surface area contributed by atoms with Gasteiger partial charge < -0.3 is 5.21 Å². The summed E-state index contributed by atoms with van der Waals surface area (Å²) in [5, 5.41) is 7.88. The van der Waals surface area contributed by atoms with E-state index < -0.39 is 16.4 Å². The molecule has 9 heavy (non-hydrogen) atoms. The van der Waals surface area contributed by atoms with Gasteiger partial charge in [0.05, 0.1) is 6.10 Å². The topological polar surface area (TPSA) is 75.6 Å². The highest BCUT2D eigenvalue weighted by Gasteiger charge is 2.09.